The van der Waals surface area contributed by atoms with Gasteiger partial charge in [-0.15, -0.1) is 0 Å². The minimum atomic E-state index is -0.172. The Morgan fingerprint density at radius 3 is 2.58 bits per heavy atom. The minimum Gasteiger partial charge on any atom is -0.324 e. The average molecular weight is 257 g/mol. The molecule has 0 bridgehead atoms. The van der Waals surface area contributed by atoms with Crippen molar-refractivity contribution in [2.75, 3.05) is 5.32 Å². The molecular formula is C14H15N3O2. The summed E-state index contributed by atoms with van der Waals surface area (Å²) in [6, 6.07) is 9.21. The van der Waals surface area contributed by atoms with Crippen molar-refractivity contribution < 1.29 is 9.59 Å². The SMILES string of the molecule is Cc1nn(CC(=O)Nc2ccccc2)c(C)c1C=O. The van der Waals surface area contributed by atoms with E-state index in [0.717, 1.165) is 12.0 Å². The summed E-state index contributed by atoms with van der Waals surface area (Å²) in [7, 11) is 0. The Kier molecular flexibility index (Phi) is 3.75. The number of amides is 1. The number of para-hydroxylation sites is 1. The molecule has 1 heterocycles. The molecule has 2 rings (SSSR count). The predicted molar refractivity (Wildman–Crippen MR) is 72.2 cm³/mol. The average Bonchev–Trinajstić information content (AvgIpc) is 2.65. The highest BCUT2D eigenvalue weighted by atomic mass is 16.2. The number of hydrogen-bond donors (Lipinski definition) is 1. The van der Waals surface area contributed by atoms with Crippen LogP contribution < -0.4 is 5.32 Å². The van der Waals surface area contributed by atoms with Crippen molar-refractivity contribution in [2.45, 2.75) is 20.4 Å². The fourth-order valence-electron chi connectivity index (χ4n) is 1.89. The van der Waals surface area contributed by atoms with Crippen molar-refractivity contribution in [3.8, 4) is 0 Å². The van der Waals surface area contributed by atoms with Crippen LogP contribution in [0.15, 0.2) is 30.3 Å². The Balaban J connectivity index is 2.09. The van der Waals surface area contributed by atoms with Gasteiger partial charge >= 0.3 is 0 Å². The summed E-state index contributed by atoms with van der Waals surface area (Å²) in [6.07, 6.45) is 0.767. The molecule has 0 unspecified atom stereocenters. The van der Waals surface area contributed by atoms with Crippen LogP contribution in [0.25, 0.3) is 0 Å². The first-order valence-electron chi connectivity index (χ1n) is 5.96. The highest BCUT2D eigenvalue weighted by Gasteiger charge is 2.13. The second-order valence-corrected chi connectivity index (χ2v) is 4.27. The maximum absolute atomic E-state index is 11.9. The number of benzene rings is 1. The van der Waals surface area contributed by atoms with Crippen LogP contribution in [0.4, 0.5) is 5.69 Å². The van der Waals surface area contributed by atoms with Gasteiger partial charge in [-0.3, -0.25) is 14.3 Å². The number of aryl methyl sites for hydroxylation is 1. The van der Waals surface area contributed by atoms with E-state index in [1.54, 1.807) is 13.8 Å². The van der Waals surface area contributed by atoms with E-state index in [2.05, 4.69) is 10.4 Å². The Morgan fingerprint density at radius 2 is 2.00 bits per heavy atom. The number of aldehydes is 1. The highest BCUT2D eigenvalue weighted by molar-refractivity contribution is 5.90. The molecule has 98 valence electrons. The number of nitrogens with zero attached hydrogens (tertiary/aromatic N) is 2. The van der Waals surface area contributed by atoms with Gasteiger partial charge in [0.2, 0.25) is 5.91 Å². The molecule has 0 aliphatic rings. The molecule has 5 nitrogen and oxygen atoms in total. The molecule has 0 fully saturated rings. The number of rotatable bonds is 4. The lowest BCUT2D eigenvalue weighted by Gasteiger charge is -2.06. The van der Waals surface area contributed by atoms with Gasteiger partial charge in [-0.2, -0.15) is 5.10 Å². The lowest BCUT2D eigenvalue weighted by atomic mass is 10.2. The summed E-state index contributed by atoms with van der Waals surface area (Å²) in [5.74, 6) is -0.172. The van der Waals surface area contributed by atoms with Crippen LogP contribution in [0.3, 0.4) is 0 Å². The van der Waals surface area contributed by atoms with Crippen molar-refractivity contribution in [1.29, 1.82) is 0 Å². The van der Waals surface area contributed by atoms with Crippen molar-refractivity contribution in [2.24, 2.45) is 0 Å². The van der Waals surface area contributed by atoms with Crippen molar-refractivity contribution in [3.05, 3.63) is 47.3 Å². The number of carbonyl (C=O) groups excluding carboxylic acids is 2. The van der Waals surface area contributed by atoms with Gasteiger partial charge in [-0.1, -0.05) is 18.2 Å². The number of hydrogen-bond acceptors (Lipinski definition) is 3. The standard InChI is InChI=1S/C14H15N3O2/c1-10-13(9-18)11(2)17(16-10)8-14(19)15-12-6-4-3-5-7-12/h3-7,9H,8H2,1-2H3,(H,15,19). The van der Waals surface area contributed by atoms with Crippen LogP contribution in [-0.2, 0) is 11.3 Å². The van der Waals surface area contributed by atoms with Crippen LogP contribution in [0, 0.1) is 13.8 Å². The molecule has 0 atom stereocenters. The molecule has 19 heavy (non-hydrogen) atoms. The van der Waals surface area contributed by atoms with E-state index < -0.39 is 0 Å². The van der Waals surface area contributed by atoms with Crippen LogP contribution >= 0.6 is 0 Å². The minimum absolute atomic E-state index is 0.0927. The molecule has 0 radical (unpaired) electrons. The van der Waals surface area contributed by atoms with E-state index >= 15 is 0 Å². The summed E-state index contributed by atoms with van der Waals surface area (Å²) < 4.78 is 1.54. The van der Waals surface area contributed by atoms with E-state index in [-0.39, 0.29) is 12.5 Å². The van der Waals surface area contributed by atoms with Crippen molar-refractivity contribution in [1.82, 2.24) is 9.78 Å². The van der Waals surface area contributed by atoms with Crippen LogP contribution in [0.2, 0.25) is 0 Å². The monoisotopic (exact) mass is 257 g/mol. The third-order valence-electron chi connectivity index (χ3n) is 2.91. The molecular weight excluding hydrogens is 242 g/mol. The molecule has 0 spiro atoms. The van der Waals surface area contributed by atoms with Gasteiger partial charge < -0.3 is 5.32 Å². The van der Waals surface area contributed by atoms with E-state index in [1.165, 1.54) is 4.68 Å². The van der Waals surface area contributed by atoms with E-state index in [1.807, 2.05) is 30.3 Å². The van der Waals surface area contributed by atoms with Gasteiger partial charge in [0.25, 0.3) is 0 Å². The molecule has 1 aromatic carbocycles. The number of aromatic nitrogens is 2. The molecule has 1 aromatic heterocycles. The van der Waals surface area contributed by atoms with E-state index in [0.29, 0.717) is 17.0 Å². The third kappa shape index (κ3) is 2.88. The Morgan fingerprint density at radius 1 is 1.32 bits per heavy atom. The van der Waals surface area contributed by atoms with Gasteiger partial charge in [0, 0.05) is 11.4 Å². The molecule has 1 N–H and O–H groups in total. The molecule has 0 saturated carbocycles. The second kappa shape index (κ2) is 5.48. The predicted octanol–water partition coefficient (Wildman–Crippen LogP) is 1.95. The number of nitrogens with one attached hydrogen (secondary N) is 1. The topological polar surface area (TPSA) is 64.0 Å². The normalized spacial score (nSPS) is 10.2. The zero-order valence-electron chi connectivity index (χ0n) is 10.9. The zero-order valence-corrected chi connectivity index (χ0v) is 10.9. The van der Waals surface area contributed by atoms with Gasteiger partial charge in [0.15, 0.2) is 6.29 Å². The molecule has 1 amide bonds. The summed E-state index contributed by atoms with van der Waals surface area (Å²) in [5, 5.41) is 6.96. The van der Waals surface area contributed by atoms with Crippen LogP contribution in [-0.4, -0.2) is 22.0 Å². The van der Waals surface area contributed by atoms with Crippen molar-refractivity contribution >= 4 is 17.9 Å². The zero-order chi connectivity index (χ0) is 13.8. The van der Waals surface area contributed by atoms with Crippen LogP contribution in [0.1, 0.15) is 21.7 Å². The Bertz CT molecular complexity index is 603. The highest BCUT2D eigenvalue weighted by Crippen LogP contribution is 2.11. The quantitative estimate of drug-likeness (QED) is 0.851. The van der Waals surface area contributed by atoms with Gasteiger partial charge in [-0.05, 0) is 26.0 Å². The molecule has 0 aliphatic heterocycles. The largest absolute Gasteiger partial charge is 0.324 e. The number of anilines is 1. The summed E-state index contributed by atoms with van der Waals surface area (Å²) in [6.45, 7) is 3.62. The molecule has 2 aromatic rings. The Labute approximate surface area is 111 Å². The lowest BCUT2D eigenvalue weighted by Crippen LogP contribution is -2.20. The van der Waals surface area contributed by atoms with Crippen LogP contribution in [0.5, 0.6) is 0 Å². The first-order chi connectivity index (χ1) is 9.11. The first-order valence-corrected chi connectivity index (χ1v) is 5.96. The summed E-state index contributed by atoms with van der Waals surface area (Å²) in [5.41, 5.74) is 2.63. The van der Waals surface area contributed by atoms with E-state index in [9.17, 15) is 9.59 Å². The molecule has 5 heteroatoms. The smallest absolute Gasteiger partial charge is 0.246 e. The van der Waals surface area contributed by atoms with Gasteiger partial charge in [0.1, 0.15) is 6.54 Å². The van der Waals surface area contributed by atoms with E-state index in [4.69, 9.17) is 0 Å². The first kappa shape index (κ1) is 13.0. The van der Waals surface area contributed by atoms with Gasteiger partial charge in [-0.25, -0.2) is 0 Å². The fourth-order valence-corrected chi connectivity index (χ4v) is 1.89. The third-order valence-corrected chi connectivity index (χ3v) is 2.91. The lowest BCUT2D eigenvalue weighted by molar-refractivity contribution is -0.116. The molecule has 0 aliphatic carbocycles. The maximum Gasteiger partial charge on any atom is 0.246 e. The van der Waals surface area contributed by atoms with Gasteiger partial charge in [0.05, 0.1) is 11.3 Å². The Hall–Kier alpha value is -2.43. The summed E-state index contributed by atoms with van der Waals surface area (Å²) >= 11 is 0. The molecule has 0 saturated heterocycles. The maximum atomic E-state index is 11.9. The fraction of sp³-hybridized carbons (Fsp3) is 0.214. The summed E-state index contributed by atoms with van der Waals surface area (Å²) in [4.78, 5) is 22.8. The number of carbonyl (C=O) groups is 2. The second-order valence-electron chi connectivity index (χ2n) is 4.27. The van der Waals surface area contributed by atoms with Crippen molar-refractivity contribution in [3.63, 3.8) is 0 Å².